The van der Waals surface area contributed by atoms with E-state index in [4.69, 9.17) is 18.6 Å². The average molecular weight is 830 g/mol. The molecule has 1 amide bonds. The van der Waals surface area contributed by atoms with Gasteiger partial charge in [0.25, 0.3) is 5.91 Å². The molecular formula is C44H51N3O13. The third kappa shape index (κ3) is 7.05. The molecule has 4 heterocycles. The van der Waals surface area contributed by atoms with Gasteiger partial charge in [0.2, 0.25) is 10.9 Å². The van der Waals surface area contributed by atoms with Gasteiger partial charge in [0.15, 0.2) is 22.4 Å². The number of benzene rings is 3. The SMILES string of the molecule is CO[C@H]1/C=C/O[C@@]2(C)Oc3c(C)c(O)c4c(=O)c(c5oc6cc(N7CC(O)C7)cc(=O)c6nc5c4c3=C2O)NC(=O)/C(C)=C\C=C\[C@H](C)[C@H](O)[C@@H](C)[C@@H](O)[C@H](C)[C@H](O)[C@H]1C. The Morgan fingerprint density at radius 2 is 1.57 bits per heavy atom. The summed E-state index contributed by atoms with van der Waals surface area (Å²) in [6.07, 6.45) is 2.78. The number of aliphatic hydroxyl groups excluding tert-OH is 5. The summed E-state index contributed by atoms with van der Waals surface area (Å²) in [4.78, 5) is 48.6. The fraction of sp³-hybridized carbons (Fsp3) is 0.455. The number of hydrogen-bond acceptors (Lipinski definition) is 15. The number of β-amino-alcohol motifs (C(OH)–C–C–N with tert-alkyl or cyclic N) is 1. The van der Waals surface area contributed by atoms with Crippen molar-refractivity contribution in [2.24, 2.45) is 23.7 Å². The summed E-state index contributed by atoms with van der Waals surface area (Å²) in [5.74, 6) is -6.32. The number of carbonyl (C=O) groups excluding carboxylic acids is 1. The smallest absolute Gasteiger partial charge is 0.307 e. The Labute approximate surface area is 344 Å². The van der Waals surface area contributed by atoms with Crippen LogP contribution in [0, 0.1) is 30.6 Å². The maximum atomic E-state index is 14.7. The van der Waals surface area contributed by atoms with Crippen molar-refractivity contribution in [1.82, 2.24) is 4.98 Å². The highest BCUT2D eigenvalue weighted by molar-refractivity contribution is 6.16. The molecule has 60 heavy (non-hydrogen) atoms. The Balaban J connectivity index is 1.49. The maximum Gasteiger partial charge on any atom is 0.307 e. The fourth-order valence-electron chi connectivity index (χ4n) is 8.33. The van der Waals surface area contributed by atoms with Crippen LogP contribution in [0.1, 0.15) is 47.1 Å². The number of hydrogen-bond donors (Lipinski definition) is 7. The first kappa shape index (κ1) is 42.6. The van der Waals surface area contributed by atoms with E-state index in [0.29, 0.717) is 5.69 Å². The van der Waals surface area contributed by atoms with Crippen molar-refractivity contribution in [1.29, 1.82) is 0 Å². The summed E-state index contributed by atoms with van der Waals surface area (Å²) in [6, 6.07) is 2.88. The summed E-state index contributed by atoms with van der Waals surface area (Å²) in [6.45, 7) is 11.8. The molecule has 9 atom stereocenters. The van der Waals surface area contributed by atoms with Crippen molar-refractivity contribution in [2.75, 3.05) is 30.4 Å². The molecule has 16 heteroatoms. The number of aromatic hydroxyl groups is 1. The van der Waals surface area contributed by atoms with Crippen molar-refractivity contribution in [3.63, 3.8) is 0 Å². The molecule has 1 aromatic heterocycles. The molecule has 320 valence electrons. The molecule has 3 aliphatic rings. The van der Waals surface area contributed by atoms with E-state index >= 15 is 0 Å². The van der Waals surface area contributed by atoms with Gasteiger partial charge in [-0.25, -0.2) is 4.98 Å². The van der Waals surface area contributed by atoms with Gasteiger partial charge in [0.05, 0.1) is 47.4 Å². The zero-order chi connectivity index (χ0) is 43.7. The van der Waals surface area contributed by atoms with Gasteiger partial charge in [-0.15, -0.1) is 0 Å². The lowest BCUT2D eigenvalue weighted by atomic mass is 9.78. The highest BCUT2D eigenvalue weighted by Gasteiger charge is 2.44. The molecule has 0 unspecified atom stereocenters. The second-order valence-electron chi connectivity index (χ2n) is 16.5. The van der Waals surface area contributed by atoms with Gasteiger partial charge < -0.3 is 59.5 Å². The number of amides is 1. The molecule has 0 radical (unpaired) electrons. The second-order valence-corrected chi connectivity index (χ2v) is 16.5. The predicted octanol–water partition coefficient (Wildman–Crippen LogP) is 3.17. The molecule has 16 nitrogen and oxygen atoms in total. The molecule has 0 saturated carbocycles. The average Bonchev–Trinajstić information content (AvgIpc) is 3.47. The predicted molar refractivity (Wildman–Crippen MR) is 224 cm³/mol. The van der Waals surface area contributed by atoms with Crippen molar-refractivity contribution in [2.45, 2.75) is 84.8 Å². The minimum absolute atomic E-state index is 0.0342. The van der Waals surface area contributed by atoms with Gasteiger partial charge in [-0.2, -0.15) is 0 Å². The van der Waals surface area contributed by atoms with Crippen molar-refractivity contribution in [3.8, 4) is 11.5 Å². The van der Waals surface area contributed by atoms with Gasteiger partial charge in [-0.3, -0.25) is 14.4 Å². The lowest BCUT2D eigenvalue weighted by molar-refractivity contribution is -0.112. The van der Waals surface area contributed by atoms with Crippen LogP contribution < -0.4 is 31.0 Å². The monoisotopic (exact) mass is 829 g/mol. The number of phenols is 1. The van der Waals surface area contributed by atoms with E-state index in [1.54, 1.807) is 44.7 Å². The van der Waals surface area contributed by atoms with E-state index in [9.17, 15) is 45.0 Å². The normalized spacial score (nSPS) is 31.5. The van der Waals surface area contributed by atoms with E-state index in [0.717, 1.165) is 0 Å². The first-order valence-corrected chi connectivity index (χ1v) is 19.9. The highest BCUT2D eigenvalue weighted by Crippen LogP contribution is 2.42. The zero-order valence-electron chi connectivity index (χ0n) is 34.6. The minimum atomic E-state index is -1.96. The topological polar surface area (TPSA) is 242 Å². The quantitative estimate of drug-likeness (QED) is 0.113. The molecule has 7 rings (SSSR count). The van der Waals surface area contributed by atoms with Crippen molar-refractivity contribution >= 4 is 56.0 Å². The van der Waals surface area contributed by atoms with E-state index in [1.807, 2.05) is 0 Å². The van der Waals surface area contributed by atoms with Crippen LogP contribution in [0.4, 0.5) is 11.4 Å². The van der Waals surface area contributed by atoms with Crippen LogP contribution in [0.5, 0.6) is 11.5 Å². The largest absolute Gasteiger partial charge is 0.507 e. The van der Waals surface area contributed by atoms with Gasteiger partial charge >= 0.3 is 5.79 Å². The molecule has 4 bridgehead atoms. The number of aromatic nitrogens is 1. The van der Waals surface area contributed by atoms with Crippen LogP contribution in [-0.2, 0) is 14.3 Å². The lowest BCUT2D eigenvalue weighted by Crippen LogP contribution is -2.51. The number of nitrogens with one attached hydrogen (secondary N) is 1. The Bertz CT molecular complexity index is 2670. The van der Waals surface area contributed by atoms with Crippen molar-refractivity contribution in [3.05, 3.63) is 79.5 Å². The third-order valence-corrected chi connectivity index (χ3v) is 12.4. The fourth-order valence-corrected chi connectivity index (χ4v) is 8.33. The Kier molecular flexibility index (Phi) is 11.2. The molecule has 3 aromatic carbocycles. The van der Waals surface area contributed by atoms with Crippen molar-refractivity contribution < 1.29 is 54.1 Å². The Morgan fingerprint density at radius 1 is 0.900 bits per heavy atom. The Hall–Kier alpha value is -5.52. The van der Waals surface area contributed by atoms with Crippen LogP contribution in [-0.4, -0.2) is 98.0 Å². The van der Waals surface area contributed by atoms with Crippen LogP contribution in [0.3, 0.4) is 0 Å². The number of anilines is 2. The number of ether oxygens (including phenoxy) is 3. The Morgan fingerprint density at radius 3 is 2.23 bits per heavy atom. The van der Waals surface area contributed by atoms with Gasteiger partial charge in [0.1, 0.15) is 22.7 Å². The molecule has 1 fully saturated rings. The number of carbonyl (C=O) groups is 1. The van der Waals surface area contributed by atoms with E-state index in [2.05, 4.69) is 10.3 Å². The van der Waals surface area contributed by atoms with Gasteiger partial charge in [-0.05, 0) is 19.9 Å². The first-order valence-electron chi connectivity index (χ1n) is 19.9. The number of rotatable bonds is 2. The zero-order valence-corrected chi connectivity index (χ0v) is 34.6. The number of allylic oxidation sites excluding steroid dienone is 2. The van der Waals surface area contributed by atoms with E-state index in [-0.39, 0.29) is 68.2 Å². The number of methoxy groups -OCH3 is 1. The highest BCUT2D eigenvalue weighted by atomic mass is 16.7. The van der Waals surface area contributed by atoms with Gasteiger partial charge in [-0.1, -0.05) is 45.9 Å². The number of aliphatic hydroxyl groups is 5. The number of fused-ring (bicyclic) bond motifs is 2. The molecule has 3 aliphatic heterocycles. The summed E-state index contributed by atoms with van der Waals surface area (Å²) < 4.78 is 24.2. The second kappa shape index (κ2) is 15.8. The van der Waals surface area contributed by atoms with Gasteiger partial charge in [0, 0.05) is 85.1 Å². The minimum Gasteiger partial charge on any atom is -0.507 e. The molecule has 7 N–H and O–H groups in total. The summed E-state index contributed by atoms with van der Waals surface area (Å²) >= 11 is 0. The molecule has 4 aromatic rings. The van der Waals surface area contributed by atoms with E-state index < -0.39 is 93.9 Å². The lowest BCUT2D eigenvalue weighted by Gasteiger charge is -2.37. The first-order chi connectivity index (χ1) is 28.3. The molecule has 1 saturated heterocycles. The standard InChI is InChI=1S/C44H51N3O13/c1-18-10-9-11-19(2)43(56)46-34-39(54)30-29(33-41(34)59-28-15-24(47-16-25(48)17-47)14-26(49)32(28)45-33)31-40(23(6)38(30)53)60-44(7,42(31)55)58-13-12-27(57-8)20(3)36(51)22(5)37(52)21(4)35(18)50/h9-15,18,20-22,25,27,35-37,48,50-53,55H,16-17H2,1-8H3,(H,46,56)/b10-9+,13-12+,19-11-/t18-,20-,21+,22+,27-,35-,36+,37+,44-/m0/s1. The third-order valence-electron chi connectivity index (χ3n) is 12.4. The molecule has 0 aliphatic carbocycles. The van der Waals surface area contributed by atoms with Crippen LogP contribution in [0.2, 0.25) is 0 Å². The summed E-state index contributed by atoms with van der Waals surface area (Å²) in [7, 11) is 1.43. The summed E-state index contributed by atoms with van der Waals surface area (Å²) in [5.41, 5.74) is -1.84. The summed E-state index contributed by atoms with van der Waals surface area (Å²) in [5, 5.41) is 69.6. The van der Waals surface area contributed by atoms with E-state index in [1.165, 1.54) is 58.4 Å². The van der Waals surface area contributed by atoms with Crippen LogP contribution >= 0.6 is 0 Å². The molecule has 0 spiro atoms. The maximum absolute atomic E-state index is 14.7. The molecular weight excluding hydrogens is 778 g/mol. The van der Waals surface area contributed by atoms with Crippen LogP contribution in [0.15, 0.2) is 62.3 Å². The van der Waals surface area contributed by atoms with Crippen LogP contribution in [0.25, 0.3) is 38.7 Å². The number of phenolic OH excluding ortho intramolecular Hbond substituents is 1. The number of nitrogens with zero attached hydrogens (tertiary/aromatic N) is 2.